The van der Waals surface area contributed by atoms with Gasteiger partial charge in [0.15, 0.2) is 5.78 Å². The number of benzene rings is 1. The molecule has 1 rings (SSSR count). The summed E-state index contributed by atoms with van der Waals surface area (Å²) in [5.74, 6) is -0.0602. The number of carbonyl (C=O) groups is 2. The zero-order valence-electron chi connectivity index (χ0n) is 11.7. The monoisotopic (exact) mass is 247 g/mol. The van der Waals surface area contributed by atoms with Crippen molar-refractivity contribution in [3.05, 3.63) is 35.9 Å². The molecule has 0 aliphatic heterocycles. The van der Waals surface area contributed by atoms with Crippen molar-refractivity contribution in [2.24, 2.45) is 5.41 Å². The van der Waals surface area contributed by atoms with Crippen LogP contribution in [0.2, 0.25) is 0 Å². The van der Waals surface area contributed by atoms with Gasteiger partial charge in [-0.25, -0.2) is 0 Å². The minimum absolute atomic E-state index is 0.0284. The fourth-order valence-electron chi connectivity index (χ4n) is 1.72. The van der Waals surface area contributed by atoms with Gasteiger partial charge in [-0.2, -0.15) is 0 Å². The van der Waals surface area contributed by atoms with Crippen LogP contribution in [0.15, 0.2) is 30.3 Å². The SMILES string of the molecule is CC(C(=O)c1ccccc1)N(C)C(=O)C(C)(C)C. The summed E-state index contributed by atoms with van der Waals surface area (Å²) in [6, 6.07) is 8.62. The molecule has 0 saturated heterocycles. The Morgan fingerprint density at radius 2 is 1.61 bits per heavy atom. The molecule has 0 aromatic heterocycles. The first kappa shape index (κ1) is 14.4. The lowest BCUT2D eigenvalue weighted by Crippen LogP contribution is -2.45. The predicted molar refractivity (Wildman–Crippen MR) is 72.5 cm³/mol. The molecule has 3 nitrogen and oxygen atoms in total. The highest BCUT2D eigenvalue weighted by atomic mass is 16.2. The van der Waals surface area contributed by atoms with Gasteiger partial charge in [0.25, 0.3) is 0 Å². The summed E-state index contributed by atoms with van der Waals surface area (Å²) < 4.78 is 0. The number of ketones is 1. The number of likely N-dealkylation sites (N-methyl/N-ethyl adjacent to an activating group) is 1. The topological polar surface area (TPSA) is 37.4 Å². The lowest BCUT2D eigenvalue weighted by Gasteiger charge is -2.30. The van der Waals surface area contributed by atoms with E-state index in [9.17, 15) is 9.59 Å². The van der Waals surface area contributed by atoms with Crippen molar-refractivity contribution < 1.29 is 9.59 Å². The number of Topliss-reactive ketones (excluding diaryl/α,β-unsaturated/α-hetero) is 1. The van der Waals surface area contributed by atoms with E-state index in [4.69, 9.17) is 0 Å². The number of hydrogen-bond donors (Lipinski definition) is 0. The fourth-order valence-corrected chi connectivity index (χ4v) is 1.72. The summed E-state index contributed by atoms with van der Waals surface area (Å²) in [5, 5.41) is 0. The van der Waals surface area contributed by atoms with E-state index in [1.54, 1.807) is 26.1 Å². The molecule has 98 valence electrons. The molecule has 0 radical (unpaired) electrons. The third kappa shape index (κ3) is 3.19. The summed E-state index contributed by atoms with van der Waals surface area (Å²) in [7, 11) is 1.68. The van der Waals surface area contributed by atoms with Gasteiger partial charge in [-0.1, -0.05) is 51.1 Å². The van der Waals surface area contributed by atoms with Crippen molar-refractivity contribution in [1.29, 1.82) is 0 Å². The van der Waals surface area contributed by atoms with Crippen molar-refractivity contribution in [3.8, 4) is 0 Å². The molecule has 1 aromatic carbocycles. The van der Waals surface area contributed by atoms with Crippen molar-refractivity contribution in [2.75, 3.05) is 7.05 Å². The largest absolute Gasteiger partial charge is 0.335 e. The first-order valence-electron chi connectivity index (χ1n) is 6.11. The molecule has 0 bridgehead atoms. The zero-order valence-corrected chi connectivity index (χ0v) is 11.7. The zero-order chi connectivity index (χ0) is 13.9. The maximum absolute atomic E-state index is 12.2. The van der Waals surface area contributed by atoms with Crippen LogP contribution in [0.1, 0.15) is 38.1 Å². The molecule has 0 aliphatic carbocycles. The van der Waals surface area contributed by atoms with Gasteiger partial charge < -0.3 is 4.90 Å². The van der Waals surface area contributed by atoms with E-state index >= 15 is 0 Å². The van der Waals surface area contributed by atoms with E-state index in [0.717, 1.165) is 0 Å². The van der Waals surface area contributed by atoms with Gasteiger partial charge in [0.1, 0.15) is 0 Å². The first-order valence-corrected chi connectivity index (χ1v) is 6.11. The minimum Gasteiger partial charge on any atom is -0.335 e. The van der Waals surface area contributed by atoms with Gasteiger partial charge in [0.05, 0.1) is 6.04 Å². The Labute approximate surface area is 109 Å². The van der Waals surface area contributed by atoms with E-state index in [1.165, 1.54) is 4.90 Å². The maximum atomic E-state index is 12.2. The van der Waals surface area contributed by atoms with Crippen molar-refractivity contribution >= 4 is 11.7 Å². The lowest BCUT2D eigenvalue weighted by atomic mass is 9.93. The molecule has 0 N–H and O–H groups in total. The van der Waals surface area contributed by atoms with E-state index < -0.39 is 11.5 Å². The van der Waals surface area contributed by atoms with E-state index in [1.807, 2.05) is 39.0 Å². The molecule has 0 heterocycles. The van der Waals surface area contributed by atoms with Crippen LogP contribution in [0, 0.1) is 5.41 Å². The Hall–Kier alpha value is -1.64. The van der Waals surface area contributed by atoms with Gasteiger partial charge in [-0.15, -0.1) is 0 Å². The van der Waals surface area contributed by atoms with Crippen molar-refractivity contribution in [2.45, 2.75) is 33.7 Å². The third-order valence-corrected chi connectivity index (χ3v) is 2.98. The number of hydrogen-bond acceptors (Lipinski definition) is 2. The highest BCUT2D eigenvalue weighted by Gasteiger charge is 2.30. The molecule has 1 atom stereocenters. The lowest BCUT2D eigenvalue weighted by molar-refractivity contribution is -0.139. The molecule has 1 aromatic rings. The Kier molecular flexibility index (Phi) is 4.28. The van der Waals surface area contributed by atoms with Crippen LogP contribution in [0.5, 0.6) is 0 Å². The highest BCUT2D eigenvalue weighted by Crippen LogP contribution is 2.19. The highest BCUT2D eigenvalue weighted by molar-refractivity contribution is 6.01. The second kappa shape index (κ2) is 5.34. The van der Waals surface area contributed by atoms with Crippen LogP contribution in [0.25, 0.3) is 0 Å². The van der Waals surface area contributed by atoms with Gasteiger partial charge in [-0.05, 0) is 6.92 Å². The smallest absolute Gasteiger partial charge is 0.228 e. The Morgan fingerprint density at radius 1 is 1.11 bits per heavy atom. The van der Waals surface area contributed by atoms with Crippen LogP contribution in [0.3, 0.4) is 0 Å². The second-order valence-electron chi connectivity index (χ2n) is 5.57. The summed E-state index contributed by atoms with van der Waals surface area (Å²) in [6.45, 7) is 7.32. The standard InChI is InChI=1S/C15H21NO2/c1-11(16(5)14(18)15(2,3)4)13(17)12-9-7-6-8-10-12/h6-11H,1-5H3. The van der Waals surface area contributed by atoms with Gasteiger partial charge >= 0.3 is 0 Å². The second-order valence-corrected chi connectivity index (χ2v) is 5.57. The predicted octanol–water partition coefficient (Wildman–Crippen LogP) is 2.76. The van der Waals surface area contributed by atoms with E-state index in [0.29, 0.717) is 5.56 Å². The van der Waals surface area contributed by atoms with Crippen LogP contribution in [-0.2, 0) is 4.79 Å². The fraction of sp³-hybridized carbons (Fsp3) is 0.467. The molecule has 1 amide bonds. The van der Waals surface area contributed by atoms with Gasteiger partial charge in [0.2, 0.25) is 5.91 Å². The maximum Gasteiger partial charge on any atom is 0.228 e. The quantitative estimate of drug-likeness (QED) is 0.770. The average Bonchev–Trinajstić information content (AvgIpc) is 2.35. The molecule has 0 fully saturated rings. The number of rotatable bonds is 3. The van der Waals surface area contributed by atoms with Crippen molar-refractivity contribution in [3.63, 3.8) is 0 Å². The first-order chi connectivity index (χ1) is 8.25. The van der Waals surface area contributed by atoms with E-state index in [2.05, 4.69) is 0 Å². The third-order valence-electron chi connectivity index (χ3n) is 2.98. The van der Waals surface area contributed by atoms with Crippen molar-refractivity contribution in [1.82, 2.24) is 4.90 Å². The van der Waals surface area contributed by atoms with Crippen LogP contribution < -0.4 is 0 Å². The average molecular weight is 247 g/mol. The van der Waals surface area contributed by atoms with Crippen LogP contribution in [0.4, 0.5) is 0 Å². The molecule has 0 aliphatic rings. The Balaban J connectivity index is 2.85. The molecular weight excluding hydrogens is 226 g/mol. The summed E-state index contributed by atoms with van der Waals surface area (Å²) in [6.07, 6.45) is 0. The number of carbonyl (C=O) groups excluding carboxylic acids is 2. The van der Waals surface area contributed by atoms with Crippen LogP contribution in [-0.4, -0.2) is 29.7 Å². The summed E-state index contributed by atoms with van der Waals surface area (Å²) >= 11 is 0. The minimum atomic E-state index is -0.472. The molecule has 18 heavy (non-hydrogen) atoms. The molecule has 1 unspecified atom stereocenters. The van der Waals surface area contributed by atoms with Crippen LogP contribution >= 0.6 is 0 Å². The molecule has 3 heteroatoms. The number of amides is 1. The molecule has 0 saturated carbocycles. The van der Waals surface area contributed by atoms with Gasteiger partial charge in [0, 0.05) is 18.0 Å². The van der Waals surface area contributed by atoms with Gasteiger partial charge in [-0.3, -0.25) is 9.59 Å². The molecule has 0 spiro atoms. The summed E-state index contributed by atoms with van der Waals surface area (Å²) in [5.41, 5.74) is 0.165. The Morgan fingerprint density at radius 3 is 2.06 bits per heavy atom. The normalized spacial score (nSPS) is 12.9. The summed E-state index contributed by atoms with van der Waals surface area (Å²) in [4.78, 5) is 25.9. The Bertz CT molecular complexity index is 432. The number of nitrogens with zero attached hydrogens (tertiary/aromatic N) is 1. The van der Waals surface area contributed by atoms with E-state index in [-0.39, 0.29) is 11.7 Å². The molecular formula is C15H21NO2.